The Labute approximate surface area is 159 Å². The molecule has 3 aliphatic rings. The van der Waals surface area contributed by atoms with Crippen LogP contribution in [0.3, 0.4) is 0 Å². The number of hydrogen-bond acceptors (Lipinski definition) is 5. The van der Waals surface area contributed by atoms with Crippen LogP contribution in [0.5, 0.6) is 0 Å². The molecule has 0 aromatic heterocycles. The Hall–Kier alpha value is -1.76. The lowest BCUT2D eigenvalue weighted by Gasteiger charge is -2.38. The zero-order chi connectivity index (χ0) is 18.3. The fourth-order valence-corrected chi connectivity index (χ4v) is 4.66. The lowest BCUT2D eigenvalue weighted by Crippen LogP contribution is -2.41. The van der Waals surface area contributed by atoms with Gasteiger partial charge in [0.05, 0.1) is 16.1 Å². The van der Waals surface area contributed by atoms with E-state index in [1.54, 1.807) is 6.20 Å². The molecule has 4 rings (SSSR count). The maximum absolute atomic E-state index is 6.60. The number of anilines is 2. The summed E-state index contributed by atoms with van der Waals surface area (Å²) in [4.78, 5) is 4.47. The molecule has 6 N–H and O–H groups in total. The van der Waals surface area contributed by atoms with Crippen LogP contribution in [0.25, 0.3) is 0 Å². The predicted octanol–water partition coefficient (Wildman–Crippen LogP) is 2.84. The lowest BCUT2D eigenvalue weighted by atomic mass is 9.65. The molecular weight excluding hydrogens is 348 g/mol. The minimum absolute atomic E-state index is 0.0204. The maximum Gasteiger partial charge on any atom is 0.111 e. The minimum Gasteiger partial charge on any atom is -0.400 e. The first-order chi connectivity index (χ1) is 12.5. The van der Waals surface area contributed by atoms with Crippen molar-refractivity contribution in [3.05, 3.63) is 34.6 Å². The van der Waals surface area contributed by atoms with Crippen molar-refractivity contribution in [1.29, 1.82) is 0 Å². The van der Waals surface area contributed by atoms with Crippen LogP contribution in [-0.4, -0.2) is 25.5 Å². The van der Waals surface area contributed by atoms with Crippen LogP contribution in [0.2, 0.25) is 5.02 Å². The van der Waals surface area contributed by atoms with E-state index < -0.39 is 0 Å². The van der Waals surface area contributed by atoms with Gasteiger partial charge in [-0.2, -0.15) is 0 Å². The average Bonchev–Trinajstić information content (AvgIpc) is 2.95. The topological polar surface area (TPSA) is 91.7 Å². The number of halogens is 1. The average molecular weight is 375 g/mol. The number of fused-ring (bicyclic) bond motifs is 2. The van der Waals surface area contributed by atoms with E-state index >= 15 is 0 Å². The summed E-state index contributed by atoms with van der Waals surface area (Å²) in [6.07, 6.45) is 8.64. The third-order valence-corrected chi connectivity index (χ3v) is 6.32. The number of benzene rings is 1. The molecule has 0 bridgehead atoms. The van der Waals surface area contributed by atoms with Crippen molar-refractivity contribution >= 4 is 28.8 Å². The number of nitrogens with zero attached hydrogens (tertiary/aromatic N) is 2. The molecule has 1 atom stereocenters. The quantitative estimate of drug-likeness (QED) is 0.482. The highest BCUT2D eigenvalue weighted by Gasteiger charge is 2.49. The summed E-state index contributed by atoms with van der Waals surface area (Å²) in [7, 11) is 1.84. The largest absolute Gasteiger partial charge is 0.400 e. The summed E-state index contributed by atoms with van der Waals surface area (Å²) in [6.45, 7) is 0.995. The molecule has 26 heavy (non-hydrogen) atoms. The van der Waals surface area contributed by atoms with E-state index in [4.69, 9.17) is 23.2 Å². The second-order valence-electron chi connectivity index (χ2n) is 7.52. The van der Waals surface area contributed by atoms with E-state index in [9.17, 15) is 0 Å². The summed E-state index contributed by atoms with van der Waals surface area (Å²) in [5, 5.41) is 9.06. The van der Waals surface area contributed by atoms with Gasteiger partial charge in [0.1, 0.15) is 5.84 Å². The number of piperidine rings is 1. The van der Waals surface area contributed by atoms with Crippen LogP contribution in [0, 0.1) is 0 Å². The Morgan fingerprint density at radius 2 is 2.15 bits per heavy atom. The number of amidine groups is 1. The highest BCUT2D eigenvalue weighted by molar-refractivity contribution is 6.34. The molecule has 6 nitrogen and oxygen atoms in total. The van der Waals surface area contributed by atoms with Crippen molar-refractivity contribution in [2.24, 2.45) is 16.6 Å². The lowest BCUT2D eigenvalue weighted by molar-refractivity contribution is 0.347. The van der Waals surface area contributed by atoms with E-state index in [1.165, 1.54) is 29.8 Å². The number of hydrazine groups is 1. The summed E-state index contributed by atoms with van der Waals surface area (Å²) in [5.41, 5.74) is 10.0. The Bertz CT molecular complexity index is 762. The second kappa shape index (κ2) is 6.76. The van der Waals surface area contributed by atoms with Gasteiger partial charge in [0.2, 0.25) is 0 Å². The monoisotopic (exact) mass is 374 g/mol. The maximum atomic E-state index is 6.60. The van der Waals surface area contributed by atoms with Gasteiger partial charge >= 0.3 is 0 Å². The van der Waals surface area contributed by atoms with Gasteiger partial charge < -0.3 is 16.4 Å². The van der Waals surface area contributed by atoms with E-state index in [-0.39, 0.29) is 11.5 Å². The molecular formula is C19H27ClN6. The second-order valence-corrected chi connectivity index (χ2v) is 7.93. The summed E-state index contributed by atoms with van der Waals surface area (Å²) in [5.74, 6) is 7.32. The molecule has 2 aliphatic heterocycles. The molecule has 1 aliphatic carbocycles. The van der Waals surface area contributed by atoms with Gasteiger partial charge in [0, 0.05) is 30.7 Å². The third-order valence-electron chi connectivity index (χ3n) is 6.02. The zero-order valence-corrected chi connectivity index (χ0v) is 15.9. The summed E-state index contributed by atoms with van der Waals surface area (Å²) in [6, 6.07) is 4.23. The SMILES string of the molecule is CN=C1Nc2cc(N(N)/C=C(\N)C3CCCCN3)c(Cl)cc2C12CCC2. The number of rotatable bonds is 3. The number of nitrogens with one attached hydrogen (secondary N) is 2. The molecule has 1 spiro atoms. The number of nitrogens with two attached hydrogens (primary N) is 2. The van der Waals surface area contributed by atoms with Crippen LogP contribution < -0.4 is 27.2 Å². The van der Waals surface area contributed by atoms with Gasteiger partial charge in [0.15, 0.2) is 0 Å². The molecule has 1 aromatic carbocycles. The van der Waals surface area contributed by atoms with Crippen LogP contribution in [0.15, 0.2) is 29.0 Å². The van der Waals surface area contributed by atoms with Gasteiger partial charge in [-0.05, 0) is 49.9 Å². The Kier molecular flexibility index (Phi) is 4.59. The van der Waals surface area contributed by atoms with E-state index in [0.717, 1.165) is 48.7 Å². The predicted molar refractivity (Wildman–Crippen MR) is 109 cm³/mol. The minimum atomic E-state index is 0.0204. The van der Waals surface area contributed by atoms with Crippen LogP contribution in [-0.2, 0) is 5.41 Å². The first-order valence-corrected chi connectivity index (χ1v) is 9.76. The zero-order valence-electron chi connectivity index (χ0n) is 15.2. The highest BCUT2D eigenvalue weighted by Crippen LogP contribution is 2.53. The first kappa shape index (κ1) is 17.6. The third kappa shape index (κ3) is 2.76. The molecule has 2 fully saturated rings. The van der Waals surface area contributed by atoms with Crippen molar-refractivity contribution in [2.45, 2.75) is 50.0 Å². The van der Waals surface area contributed by atoms with E-state index in [2.05, 4.69) is 15.6 Å². The summed E-state index contributed by atoms with van der Waals surface area (Å²) < 4.78 is 0. The molecule has 1 saturated carbocycles. The van der Waals surface area contributed by atoms with Gasteiger partial charge in [-0.3, -0.25) is 10.0 Å². The van der Waals surface area contributed by atoms with Crippen LogP contribution >= 0.6 is 11.6 Å². The van der Waals surface area contributed by atoms with E-state index in [1.807, 2.05) is 19.2 Å². The van der Waals surface area contributed by atoms with Crippen LogP contribution in [0.4, 0.5) is 11.4 Å². The molecule has 140 valence electrons. The van der Waals surface area contributed by atoms with Crippen molar-refractivity contribution in [1.82, 2.24) is 5.32 Å². The first-order valence-electron chi connectivity index (χ1n) is 9.38. The number of aliphatic imine (C=N–C) groups is 1. The van der Waals surface area contributed by atoms with Crippen molar-refractivity contribution in [3.63, 3.8) is 0 Å². The van der Waals surface area contributed by atoms with Gasteiger partial charge in [-0.25, -0.2) is 5.84 Å². The Morgan fingerprint density at radius 3 is 2.77 bits per heavy atom. The smallest absolute Gasteiger partial charge is 0.111 e. The fraction of sp³-hybridized carbons (Fsp3) is 0.526. The molecule has 1 unspecified atom stereocenters. The van der Waals surface area contributed by atoms with Gasteiger partial charge in [-0.15, -0.1) is 0 Å². The van der Waals surface area contributed by atoms with Gasteiger partial charge in [-0.1, -0.05) is 24.4 Å². The van der Waals surface area contributed by atoms with Crippen molar-refractivity contribution in [3.8, 4) is 0 Å². The van der Waals surface area contributed by atoms with Crippen LogP contribution in [0.1, 0.15) is 44.1 Å². The van der Waals surface area contributed by atoms with Crippen molar-refractivity contribution < 1.29 is 0 Å². The molecule has 1 aromatic rings. The molecule has 7 heteroatoms. The standard InChI is InChI=1S/C19H27ClN6/c1-23-18-19(6-4-7-19)12-9-13(20)17(10-16(12)25-18)26(22)11-14(21)15-5-2-3-8-24-15/h9-11,15,24H,2-8,21-22H2,1H3,(H,23,25)/b14-11-. The molecule has 0 amide bonds. The Balaban J connectivity index is 1.62. The van der Waals surface area contributed by atoms with Gasteiger partial charge in [0.25, 0.3) is 0 Å². The Morgan fingerprint density at radius 1 is 1.35 bits per heavy atom. The molecule has 1 saturated heterocycles. The highest BCUT2D eigenvalue weighted by atomic mass is 35.5. The molecule has 2 heterocycles. The number of hydrogen-bond donors (Lipinski definition) is 4. The summed E-state index contributed by atoms with van der Waals surface area (Å²) >= 11 is 6.60. The van der Waals surface area contributed by atoms with Crippen molar-refractivity contribution in [2.75, 3.05) is 23.9 Å². The van der Waals surface area contributed by atoms with E-state index in [0.29, 0.717) is 5.02 Å². The fourth-order valence-electron chi connectivity index (χ4n) is 4.40. The normalized spacial score (nSPS) is 25.7. The molecule has 0 radical (unpaired) electrons.